The van der Waals surface area contributed by atoms with Gasteiger partial charge in [-0.2, -0.15) is 9.97 Å². The fourth-order valence-corrected chi connectivity index (χ4v) is 1.79. The zero-order valence-corrected chi connectivity index (χ0v) is 10.6. The van der Waals surface area contributed by atoms with Crippen LogP contribution in [0.2, 0.25) is 0 Å². The van der Waals surface area contributed by atoms with Crippen molar-refractivity contribution in [2.75, 3.05) is 5.73 Å². The highest BCUT2D eigenvalue weighted by Crippen LogP contribution is 2.27. The van der Waals surface area contributed by atoms with E-state index in [9.17, 15) is 0 Å². The second-order valence-corrected chi connectivity index (χ2v) is 4.34. The molecule has 0 unspecified atom stereocenters. The number of fused-ring (bicyclic) bond motifs is 1. The molecule has 2 aromatic heterocycles. The summed E-state index contributed by atoms with van der Waals surface area (Å²) in [5.41, 5.74) is 9.12. The molecule has 3 aromatic rings. The van der Waals surface area contributed by atoms with E-state index in [0.29, 0.717) is 22.8 Å². The van der Waals surface area contributed by atoms with Crippen molar-refractivity contribution in [1.82, 2.24) is 19.9 Å². The maximum Gasteiger partial charge on any atom is 0.250 e. The van der Waals surface area contributed by atoms with Crippen molar-refractivity contribution in [2.45, 2.75) is 13.8 Å². The minimum Gasteiger partial charge on any atom is -0.437 e. The third-order valence-corrected chi connectivity index (χ3v) is 2.96. The van der Waals surface area contributed by atoms with Crippen LogP contribution in [0.15, 0.2) is 24.5 Å². The highest BCUT2D eigenvalue weighted by atomic mass is 16.5. The fourth-order valence-electron chi connectivity index (χ4n) is 1.79. The van der Waals surface area contributed by atoms with Gasteiger partial charge in [-0.15, -0.1) is 0 Å². The molecular formula is C13H13N5O. The van der Waals surface area contributed by atoms with Crippen LogP contribution in [-0.4, -0.2) is 19.9 Å². The molecule has 0 fully saturated rings. The first-order chi connectivity index (χ1) is 9.13. The van der Waals surface area contributed by atoms with Gasteiger partial charge >= 0.3 is 0 Å². The molecule has 19 heavy (non-hydrogen) atoms. The van der Waals surface area contributed by atoms with Crippen molar-refractivity contribution in [3.8, 4) is 11.6 Å². The summed E-state index contributed by atoms with van der Waals surface area (Å²) in [6.07, 6.45) is 1.53. The average Bonchev–Trinajstić information content (AvgIpc) is 2.82. The van der Waals surface area contributed by atoms with Crippen LogP contribution in [0.5, 0.6) is 11.6 Å². The predicted molar refractivity (Wildman–Crippen MR) is 72.1 cm³/mol. The van der Waals surface area contributed by atoms with Crippen LogP contribution in [0.1, 0.15) is 11.1 Å². The molecule has 0 bridgehead atoms. The molecule has 3 N–H and O–H groups in total. The first-order valence-electron chi connectivity index (χ1n) is 5.85. The van der Waals surface area contributed by atoms with Gasteiger partial charge in [0.15, 0.2) is 5.65 Å². The lowest BCUT2D eigenvalue weighted by molar-refractivity contribution is 0.467. The van der Waals surface area contributed by atoms with Crippen LogP contribution in [0, 0.1) is 13.8 Å². The molecule has 0 aliphatic heterocycles. The first-order valence-corrected chi connectivity index (χ1v) is 5.85. The number of H-pyrrole nitrogens is 1. The molecule has 0 aliphatic carbocycles. The maximum absolute atomic E-state index is 5.76. The molecule has 0 spiro atoms. The number of nitrogen functional groups attached to an aromatic ring is 1. The summed E-state index contributed by atoms with van der Waals surface area (Å²) < 4.78 is 5.76. The van der Waals surface area contributed by atoms with Gasteiger partial charge in [0.05, 0.1) is 6.33 Å². The van der Waals surface area contributed by atoms with Crippen LogP contribution in [-0.2, 0) is 0 Å². The number of hydrogen-bond donors (Lipinski definition) is 2. The Bertz CT molecular complexity index is 750. The number of aromatic nitrogens is 4. The third-order valence-electron chi connectivity index (χ3n) is 2.96. The van der Waals surface area contributed by atoms with Crippen LogP contribution >= 0.6 is 0 Å². The Morgan fingerprint density at radius 2 is 2.00 bits per heavy atom. The monoisotopic (exact) mass is 255 g/mol. The smallest absolute Gasteiger partial charge is 0.250 e. The van der Waals surface area contributed by atoms with Gasteiger partial charge in [0, 0.05) is 0 Å². The summed E-state index contributed by atoms with van der Waals surface area (Å²) in [7, 11) is 0. The Labute approximate surface area is 109 Å². The topological polar surface area (TPSA) is 89.7 Å². The second kappa shape index (κ2) is 4.24. The zero-order valence-electron chi connectivity index (χ0n) is 10.6. The first kappa shape index (κ1) is 11.5. The van der Waals surface area contributed by atoms with E-state index in [1.54, 1.807) is 0 Å². The summed E-state index contributed by atoms with van der Waals surface area (Å²) in [5.74, 6) is 1.22. The summed E-state index contributed by atoms with van der Waals surface area (Å²) in [6.45, 7) is 4.08. The minimum atomic E-state index is 0.137. The molecule has 3 rings (SSSR count). The Balaban J connectivity index is 2.04. The van der Waals surface area contributed by atoms with Gasteiger partial charge in [-0.25, -0.2) is 4.98 Å². The van der Waals surface area contributed by atoms with Crippen LogP contribution in [0.4, 0.5) is 5.95 Å². The molecule has 6 heteroatoms. The summed E-state index contributed by atoms with van der Waals surface area (Å²) in [6, 6.07) is 5.85. The van der Waals surface area contributed by atoms with E-state index in [0.717, 1.165) is 5.56 Å². The Morgan fingerprint density at radius 1 is 1.16 bits per heavy atom. The molecule has 0 saturated carbocycles. The summed E-state index contributed by atoms with van der Waals surface area (Å²) in [5, 5.41) is 0. The highest BCUT2D eigenvalue weighted by molar-refractivity contribution is 5.77. The summed E-state index contributed by atoms with van der Waals surface area (Å²) >= 11 is 0. The Hall–Kier alpha value is -2.63. The number of hydrogen-bond acceptors (Lipinski definition) is 5. The normalized spacial score (nSPS) is 10.8. The number of ether oxygens (including phenoxy) is 1. The quantitative estimate of drug-likeness (QED) is 0.733. The second-order valence-electron chi connectivity index (χ2n) is 4.34. The van der Waals surface area contributed by atoms with Crippen molar-refractivity contribution >= 4 is 17.1 Å². The van der Waals surface area contributed by atoms with Crippen molar-refractivity contribution in [3.05, 3.63) is 35.7 Å². The van der Waals surface area contributed by atoms with Gasteiger partial charge in [0.25, 0.3) is 5.88 Å². The lowest BCUT2D eigenvalue weighted by Gasteiger charge is -2.07. The number of anilines is 1. The zero-order chi connectivity index (χ0) is 13.4. The molecule has 0 atom stereocenters. The van der Waals surface area contributed by atoms with E-state index in [4.69, 9.17) is 10.5 Å². The van der Waals surface area contributed by atoms with E-state index in [-0.39, 0.29) is 5.95 Å². The standard InChI is InChI=1S/C13H13N5O/c1-7-3-4-9(5-8(7)2)19-12-10-11(16-6-15-10)17-13(14)18-12/h3-6H,1-2H3,(H3,14,15,16,17,18). The number of nitrogens with two attached hydrogens (primary N) is 1. The minimum absolute atomic E-state index is 0.137. The molecule has 0 radical (unpaired) electrons. The van der Waals surface area contributed by atoms with Gasteiger partial charge in [0.1, 0.15) is 11.3 Å². The third kappa shape index (κ3) is 2.08. The highest BCUT2D eigenvalue weighted by Gasteiger charge is 2.10. The molecule has 0 aliphatic rings. The molecule has 6 nitrogen and oxygen atoms in total. The Morgan fingerprint density at radius 3 is 2.79 bits per heavy atom. The fraction of sp³-hybridized carbons (Fsp3) is 0.154. The largest absolute Gasteiger partial charge is 0.437 e. The van der Waals surface area contributed by atoms with Gasteiger partial charge in [-0.1, -0.05) is 6.07 Å². The van der Waals surface area contributed by atoms with Crippen LogP contribution < -0.4 is 10.5 Å². The molecule has 0 saturated heterocycles. The van der Waals surface area contributed by atoms with E-state index in [2.05, 4.69) is 26.9 Å². The molecule has 2 heterocycles. The van der Waals surface area contributed by atoms with Crippen LogP contribution in [0.25, 0.3) is 11.2 Å². The lowest BCUT2D eigenvalue weighted by atomic mass is 10.1. The molecule has 0 amide bonds. The Kier molecular flexibility index (Phi) is 2.56. The number of benzene rings is 1. The number of rotatable bonds is 2. The van der Waals surface area contributed by atoms with Crippen molar-refractivity contribution in [2.24, 2.45) is 0 Å². The van der Waals surface area contributed by atoms with Gasteiger partial charge in [0.2, 0.25) is 5.95 Å². The number of nitrogens with zero attached hydrogens (tertiary/aromatic N) is 3. The van der Waals surface area contributed by atoms with E-state index in [1.807, 2.05) is 25.1 Å². The maximum atomic E-state index is 5.76. The van der Waals surface area contributed by atoms with Gasteiger partial charge < -0.3 is 15.5 Å². The number of nitrogens with one attached hydrogen (secondary N) is 1. The van der Waals surface area contributed by atoms with Crippen molar-refractivity contribution in [3.63, 3.8) is 0 Å². The predicted octanol–water partition coefficient (Wildman–Crippen LogP) is 2.34. The van der Waals surface area contributed by atoms with Crippen molar-refractivity contribution in [1.29, 1.82) is 0 Å². The van der Waals surface area contributed by atoms with Crippen molar-refractivity contribution < 1.29 is 4.74 Å². The van der Waals surface area contributed by atoms with E-state index < -0.39 is 0 Å². The molecule has 1 aromatic carbocycles. The van der Waals surface area contributed by atoms with Crippen LogP contribution in [0.3, 0.4) is 0 Å². The number of imidazole rings is 1. The number of aryl methyl sites for hydroxylation is 2. The van der Waals surface area contributed by atoms with E-state index in [1.165, 1.54) is 11.9 Å². The van der Waals surface area contributed by atoms with E-state index >= 15 is 0 Å². The lowest BCUT2D eigenvalue weighted by Crippen LogP contribution is -1.98. The summed E-state index contributed by atoms with van der Waals surface area (Å²) in [4.78, 5) is 15.1. The molecular weight excluding hydrogens is 242 g/mol. The average molecular weight is 255 g/mol. The van der Waals surface area contributed by atoms with Gasteiger partial charge in [-0.3, -0.25) is 0 Å². The van der Waals surface area contributed by atoms with Gasteiger partial charge in [-0.05, 0) is 37.1 Å². The SMILES string of the molecule is Cc1ccc(Oc2nc(N)nc3nc[nH]c23)cc1C. The molecule has 96 valence electrons. The number of aromatic amines is 1.